The molecular formula is C23H26N4O3. The molecule has 0 saturated heterocycles. The van der Waals surface area contributed by atoms with Gasteiger partial charge in [0, 0.05) is 5.92 Å². The number of amides is 1. The summed E-state index contributed by atoms with van der Waals surface area (Å²) in [6.45, 7) is 3.81. The van der Waals surface area contributed by atoms with Crippen molar-refractivity contribution in [2.45, 2.75) is 32.4 Å². The van der Waals surface area contributed by atoms with Gasteiger partial charge >= 0.3 is 0 Å². The highest BCUT2D eigenvalue weighted by Gasteiger charge is 2.40. The lowest BCUT2D eigenvalue weighted by Crippen LogP contribution is -2.44. The standard InChI is InChI=1S/C23H26N4O3/c1-15(2)22(28)26-20(16-5-9-18(29-3)10-6-16)13-21(27-23(26)24-14-25-27)17-7-11-19(30-4)12-8-17/h5-12,14-15,20-21H,13H2,1-4H3/t20-,21+/m0/s1. The van der Waals surface area contributed by atoms with Crippen molar-refractivity contribution in [3.05, 3.63) is 66.0 Å². The normalized spacial score (nSPS) is 18.2. The lowest BCUT2D eigenvalue weighted by atomic mass is 9.91. The van der Waals surface area contributed by atoms with E-state index in [-0.39, 0.29) is 23.9 Å². The quantitative estimate of drug-likeness (QED) is 0.640. The summed E-state index contributed by atoms with van der Waals surface area (Å²) < 4.78 is 12.5. The molecule has 0 bridgehead atoms. The molecule has 0 aliphatic carbocycles. The Hall–Kier alpha value is -3.35. The fourth-order valence-electron chi connectivity index (χ4n) is 3.94. The second-order valence-electron chi connectivity index (χ2n) is 7.68. The number of ether oxygens (including phenoxy) is 2. The van der Waals surface area contributed by atoms with Crippen LogP contribution in [0.4, 0.5) is 5.95 Å². The van der Waals surface area contributed by atoms with Crippen molar-refractivity contribution in [2.24, 2.45) is 5.92 Å². The molecule has 1 aliphatic rings. The molecule has 3 aromatic rings. The molecule has 0 fully saturated rings. The fourth-order valence-corrected chi connectivity index (χ4v) is 3.94. The van der Waals surface area contributed by atoms with Crippen LogP contribution in [0.15, 0.2) is 54.9 Å². The maximum atomic E-state index is 13.2. The first-order chi connectivity index (χ1) is 14.5. The van der Waals surface area contributed by atoms with Gasteiger partial charge in [-0.25, -0.2) is 4.68 Å². The number of carbonyl (C=O) groups excluding carboxylic acids is 1. The smallest absolute Gasteiger partial charge is 0.232 e. The maximum Gasteiger partial charge on any atom is 0.232 e. The van der Waals surface area contributed by atoms with E-state index in [9.17, 15) is 4.79 Å². The molecule has 2 atom stereocenters. The third-order valence-corrected chi connectivity index (χ3v) is 5.56. The summed E-state index contributed by atoms with van der Waals surface area (Å²) in [4.78, 5) is 19.5. The van der Waals surface area contributed by atoms with Gasteiger partial charge < -0.3 is 9.47 Å². The number of nitrogens with zero attached hydrogens (tertiary/aromatic N) is 4. The minimum atomic E-state index is -0.159. The highest BCUT2D eigenvalue weighted by atomic mass is 16.5. The van der Waals surface area contributed by atoms with Crippen LogP contribution in [0.2, 0.25) is 0 Å². The first-order valence-electron chi connectivity index (χ1n) is 10.0. The second-order valence-corrected chi connectivity index (χ2v) is 7.68. The zero-order chi connectivity index (χ0) is 21.3. The number of anilines is 1. The number of carbonyl (C=O) groups is 1. The van der Waals surface area contributed by atoms with Crippen LogP contribution < -0.4 is 14.4 Å². The van der Waals surface area contributed by atoms with E-state index in [0.717, 1.165) is 22.6 Å². The molecule has 30 heavy (non-hydrogen) atoms. The van der Waals surface area contributed by atoms with Crippen LogP contribution in [0, 0.1) is 5.92 Å². The van der Waals surface area contributed by atoms with Crippen molar-refractivity contribution < 1.29 is 14.3 Å². The van der Waals surface area contributed by atoms with E-state index in [2.05, 4.69) is 10.1 Å². The molecule has 1 aromatic heterocycles. The Morgan fingerprint density at radius 2 is 1.47 bits per heavy atom. The van der Waals surface area contributed by atoms with Crippen LogP contribution >= 0.6 is 0 Å². The van der Waals surface area contributed by atoms with E-state index in [1.165, 1.54) is 6.33 Å². The van der Waals surface area contributed by atoms with Gasteiger partial charge in [-0.1, -0.05) is 38.1 Å². The molecule has 2 aromatic carbocycles. The average molecular weight is 406 g/mol. The third-order valence-electron chi connectivity index (χ3n) is 5.56. The van der Waals surface area contributed by atoms with Crippen molar-refractivity contribution in [1.29, 1.82) is 0 Å². The lowest BCUT2D eigenvalue weighted by molar-refractivity contribution is -0.122. The summed E-state index contributed by atoms with van der Waals surface area (Å²) in [5.41, 5.74) is 2.13. The van der Waals surface area contributed by atoms with Crippen molar-refractivity contribution in [1.82, 2.24) is 14.8 Å². The zero-order valence-electron chi connectivity index (χ0n) is 17.6. The highest BCUT2D eigenvalue weighted by Crippen LogP contribution is 2.42. The van der Waals surface area contributed by atoms with Crippen molar-refractivity contribution >= 4 is 11.9 Å². The molecule has 4 rings (SSSR count). The van der Waals surface area contributed by atoms with Gasteiger partial charge in [-0.05, 0) is 41.8 Å². The molecule has 1 aliphatic heterocycles. The summed E-state index contributed by atoms with van der Waals surface area (Å²) in [7, 11) is 3.30. The Balaban J connectivity index is 1.80. The van der Waals surface area contributed by atoms with Crippen LogP contribution in [0.3, 0.4) is 0 Å². The third kappa shape index (κ3) is 3.51. The van der Waals surface area contributed by atoms with Gasteiger partial charge in [-0.15, -0.1) is 0 Å². The lowest BCUT2D eigenvalue weighted by Gasteiger charge is -2.40. The van der Waals surface area contributed by atoms with Crippen LogP contribution in [0.25, 0.3) is 0 Å². The summed E-state index contributed by atoms with van der Waals surface area (Å²) in [5.74, 6) is 2.02. The first kappa shape index (κ1) is 19.9. The van der Waals surface area contributed by atoms with E-state index in [0.29, 0.717) is 12.4 Å². The molecule has 0 spiro atoms. The molecule has 0 radical (unpaired) electrons. The largest absolute Gasteiger partial charge is 0.497 e. The van der Waals surface area contributed by atoms with E-state index >= 15 is 0 Å². The van der Waals surface area contributed by atoms with Gasteiger partial charge in [0.25, 0.3) is 0 Å². The number of hydrogen-bond acceptors (Lipinski definition) is 5. The predicted octanol–water partition coefficient (Wildman–Crippen LogP) is 4.02. The average Bonchev–Trinajstić information content (AvgIpc) is 3.27. The SMILES string of the molecule is COc1ccc([C@H]2C[C@@H](c3ccc(OC)cc3)N(C(=O)C(C)C)c3ncnn32)cc1. The van der Waals surface area contributed by atoms with E-state index < -0.39 is 0 Å². The van der Waals surface area contributed by atoms with Crippen LogP contribution in [-0.4, -0.2) is 34.9 Å². The Kier molecular flexibility index (Phi) is 5.44. The van der Waals surface area contributed by atoms with E-state index in [1.807, 2.05) is 67.1 Å². The summed E-state index contributed by atoms with van der Waals surface area (Å²) >= 11 is 0. The van der Waals surface area contributed by atoms with E-state index in [1.54, 1.807) is 19.1 Å². The van der Waals surface area contributed by atoms with Crippen LogP contribution in [0.5, 0.6) is 11.5 Å². The van der Waals surface area contributed by atoms with Crippen molar-refractivity contribution in [3.63, 3.8) is 0 Å². The van der Waals surface area contributed by atoms with Crippen molar-refractivity contribution in [3.8, 4) is 11.5 Å². The predicted molar refractivity (Wildman–Crippen MR) is 114 cm³/mol. The molecule has 0 N–H and O–H groups in total. The van der Waals surface area contributed by atoms with Crippen LogP contribution in [-0.2, 0) is 4.79 Å². The van der Waals surface area contributed by atoms with E-state index in [4.69, 9.17) is 9.47 Å². The zero-order valence-corrected chi connectivity index (χ0v) is 17.6. The first-order valence-corrected chi connectivity index (χ1v) is 10.0. The van der Waals surface area contributed by atoms with Gasteiger partial charge in [-0.3, -0.25) is 9.69 Å². The van der Waals surface area contributed by atoms with Gasteiger partial charge in [0.15, 0.2) is 0 Å². The maximum absolute atomic E-state index is 13.2. The molecule has 2 heterocycles. The number of fused-ring (bicyclic) bond motifs is 1. The molecule has 156 valence electrons. The highest BCUT2D eigenvalue weighted by molar-refractivity contribution is 5.94. The minimum Gasteiger partial charge on any atom is -0.497 e. The van der Waals surface area contributed by atoms with Gasteiger partial charge in [0.2, 0.25) is 11.9 Å². The number of hydrogen-bond donors (Lipinski definition) is 0. The second kappa shape index (κ2) is 8.18. The molecule has 0 saturated carbocycles. The molecule has 7 heteroatoms. The summed E-state index contributed by atoms with van der Waals surface area (Å²) in [5, 5.41) is 4.47. The molecule has 1 amide bonds. The van der Waals surface area contributed by atoms with Crippen molar-refractivity contribution in [2.75, 3.05) is 19.1 Å². The number of rotatable bonds is 5. The number of aromatic nitrogens is 3. The molecule has 0 unspecified atom stereocenters. The Morgan fingerprint density at radius 1 is 0.933 bits per heavy atom. The Morgan fingerprint density at radius 3 is 1.97 bits per heavy atom. The van der Waals surface area contributed by atoms with Gasteiger partial charge in [0.1, 0.15) is 17.8 Å². The monoisotopic (exact) mass is 406 g/mol. The summed E-state index contributed by atoms with van der Waals surface area (Å²) in [6.07, 6.45) is 2.20. The number of methoxy groups -OCH3 is 2. The van der Waals surface area contributed by atoms with Gasteiger partial charge in [0.05, 0.1) is 26.3 Å². The number of benzene rings is 2. The minimum absolute atomic E-state index is 0.0262. The fraction of sp³-hybridized carbons (Fsp3) is 0.348. The summed E-state index contributed by atoms with van der Waals surface area (Å²) in [6, 6.07) is 15.7. The topological polar surface area (TPSA) is 69.5 Å². The Labute approximate surface area is 176 Å². The van der Waals surface area contributed by atoms with Gasteiger partial charge in [-0.2, -0.15) is 10.1 Å². The molecule has 7 nitrogen and oxygen atoms in total. The Bertz CT molecular complexity index is 1010. The molecular weight excluding hydrogens is 380 g/mol. The van der Waals surface area contributed by atoms with Crippen LogP contribution in [0.1, 0.15) is 43.5 Å².